The number of carbonyl (C=O) groups excluding carboxylic acids is 2. The molecule has 2 amide bonds. The number of hydrogen-bond acceptors (Lipinski definition) is 5. The van der Waals surface area contributed by atoms with Crippen LogP contribution in [-0.2, 0) is 27.3 Å². The molecule has 8 heteroatoms. The number of carbonyl (C=O) groups is 2. The maximum absolute atomic E-state index is 12.9. The molecule has 4 rings (SSSR count). The summed E-state index contributed by atoms with van der Waals surface area (Å²) >= 11 is 0. The van der Waals surface area contributed by atoms with E-state index in [-0.39, 0.29) is 24.2 Å². The standard InChI is InChI=1S/C19H23N5O3/c1-27-8-7-23-11-14(9-17(23)25)19(26)24-6-4-15-16(12-24)22-18(21-15)13-3-2-5-20-10-13/h2-3,5,10,14H,4,6-9,11-12H2,1H3,(H,21,22)/t14-/m1/s1. The van der Waals surface area contributed by atoms with E-state index in [0.717, 1.165) is 22.8 Å². The lowest BCUT2D eigenvalue weighted by Crippen LogP contribution is -2.40. The number of amides is 2. The van der Waals surface area contributed by atoms with Crippen LogP contribution in [0, 0.1) is 5.92 Å². The number of nitrogens with one attached hydrogen (secondary N) is 1. The molecule has 27 heavy (non-hydrogen) atoms. The van der Waals surface area contributed by atoms with Crippen LogP contribution in [0.3, 0.4) is 0 Å². The van der Waals surface area contributed by atoms with Crippen molar-refractivity contribution in [2.45, 2.75) is 19.4 Å². The molecule has 4 heterocycles. The Bertz CT molecular complexity index is 835. The van der Waals surface area contributed by atoms with Gasteiger partial charge in [0.15, 0.2) is 0 Å². The number of imidazole rings is 1. The number of aromatic nitrogens is 3. The number of rotatable bonds is 5. The second kappa shape index (κ2) is 7.48. The maximum Gasteiger partial charge on any atom is 0.228 e. The van der Waals surface area contributed by atoms with Crippen molar-refractivity contribution in [1.82, 2.24) is 24.8 Å². The van der Waals surface area contributed by atoms with Crippen LogP contribution in [0.1, 0.15) is 17.8 Å². The van der Waals surface area contributed by atoms with E-state index in [0.29, 0.717) is 39.2 Å². The number of ether oxygens (including phenoxy) is 1. The predicted molar refractivity (Wildman–Crippen MR) is 97.5 cm³/mol. The van der Waals surface area contributed by atoms with E-state index in [2.05, 4.69) is 15.0 Å². The minimum absolute atomic E-state index is 0.0310. The van der Waals surface area contributed by atoms with Crippen molar-refractivity contribution in [3.8, 4) is 11.4 Å². The Morgan fingerprint density at radius 1 is 1.44 bits per heavy atom. The second-order valence-corrected chi connectivity index (χ2v) is 7.00. The molecule has 2 aromatic heterocycles. The highest BCUT2D eigenvalue weighted by Crippen LogP contribution is 2.26. The summed E-state index contributed by atoms with van der Waals surface area (Å²) in [6.07, 6.45) is 4.50. The average molecular weight is 369 g/mol. The minimum atomic E-state index is -0.267. The number of hydrogen-bond donors (Lipinski definition) is 1. The fourth-order valence-corrected chi connectivity index (χ4v) is 3.73. The molecule has 2 aromatic rings. The van der Waals surface area contributed by atoms with Crippen LogP contribution < -0.4 is 0 Å². The predicted octanol–water partition coefficient (Wildman–Crippen LogP) is 0.851. The summed E-state index contributed by atoms with van der Waals surface area (Å²) in [6.45, 7) is 2.65. The first kappa shape index (κ1) is 17.7. The van der Waals surface area contributed by atoms with Gasteiger partial charge in [-0.3, -0.25) is 14.6 Å². The molecular formula is C19H23N5O3. The van der Waals surface area contributed by atoms with Crippen molar-refractivity contribution in [2.75, 3.05) is 33.4 Å². The summed E-state index contributed by atoms with van der Waals surface area (Å²) in [6, 6.07) is 3.83. The Kier molecular flexibility index (Phi) is 4.89. The molecule has 0 unspecified atom stereocenters. The normalized spacial score (nSPS) is 19.4. The molecule has 0 spiro atoms. The molecular weight excluding hydrogens is 346 g/mol. The Balaban J connectivity index is 1.43. The molecule has 0 bridgehead atoms. The molecule has 2 aliphatic heterocycles. The van der Waals surface area contributed by atoms with Gasteiger partial charge in [0.1, 0.15) is 5.82 Å². The summed E-state index contributed by atoms with van der Waals surface area (Å²) in [5.74, 6) is 0.593. The van der Waals surface area contributed by atoms with Gasteiger partial charge in [-0.05, 0) is 12.1 Å². The van der Waals surface area contributed by atoms with E-state index < -0.39 is 0 Å². The molecule has 0 aliphatic carbocycles. The largest absolute Gasteiger partial charge is 0.383 e. The smallest absolute Gasteiger partial charge is 0.228 e. The molecule has 0 radical (unpaired) electrons. The highest BCUT2D eigenvalue weighted by Gasteiger charge is 2.37. The van der Waals surface area contributed by atoms with Gasteiger partial charge in [0.2, 0.25) is 11.8 Å². The zero-order valence-electron chi connectivity index (χ0n) is 15.4. The number of likely N-dealkylation sites (tertiary alicyclic amines) is 1. The van der Waals surface area contributed by atoms with Gasteiger partial charge in [-0.15, -0.1) is 0 Å². The second-order valence-electron chi connectivity index (χ2n) is 7.00. The van der Waals surface area contributed by atoms with Crippen molar-refractivity contribution >= 4 is 11.8 Å². The van der Waals surface area contributed by atoms with Crippen LogP contribution in [0.2, 0.25) is 0 Å². The Hall–Kier alpha value is -2.74. The maximum atomic E-state index is 12.9. The van der Waals surface area contributed by atoms with Crippen molar-refractivity contribution < 1.29 is 14.3 Å². The average Bonchev–Trinajstić information content (AvgIpc) is 3.29. The topological polar surface area (TPSA) is 91.4 Å². The lowest BCUT2D eigenvalue weighted by molar-refractivity contribution is -0.136. The quantitative estimate of drug-likeness (QED) is 0.844. The van der Waals surface area contributed by atoms with Crippen molar-refractivity contribution in [2.24, 2.45) is 5.92 Å². The van der Waals surface area contributed by atoms with Gasteiger partial charge < -0.3 is 19.5 Å². The number of H-pyrrole nitrogens is 1. The van der Waals surface area contributed by atoms with E-state index >= 15 is 0 Å². The Morgan fingerprint density at radius 2 is 2.33 bits per heavy atom. The first-order valence-electron chi connectivity index (χ1n) is 9.19. The number of fused-ring (bicyclic) bond motifs is 1. The summed E-state index contributed by atoms with van der Waals surface area (Å²) in [5.41, 5.74) is 2.90. The van der Waals surface area contributed by atoms with Crippen LogP contribution >= 0.6 is 0 Å². The molecule has 1 atom stereocenters. The molecule has 1 fully saturated rings. The van der Waals surface area contributed by atoms with Gasteiger partial charge in [-0.2, -0.15) is 0 Å². The number of aromatic amines is 1. The third-order valence-electron chi connectivity index (χ3n) is 5.21. The zero-order valence-corrected chi connectivity index (χ0v) is 15.4. The molecule has 0 aromatic carbocycles. The molecule has 142 valence electrons. The van der Waals surface area contributed by atoms with Gasteiger partial charge in [-0.1, -0.05) is 0 Å². The van der Waals surface area contributed by atoms with Gasteiger partial charge in [0.25, 0.3) is 0 Å². The third-order valence-corrected chi connectivity index (χ3v) is 5.21. The molecule has 0 saturated carbocycles. The molecule has 8 nitrogen and oxygen atoms in total. The van der Waals surface area contributed by atoms with E-state index in [4.69, 9.17) is 4.74 Å². The monoisotopic (exact) mass is 369 g/mol. The lowest BCUT2D eigenvalue weighted by atomic mass is 10.0. The summed E-state index contributed by atoms with van der Waals surface area (Å²) < 4.78 is 5.04. The van der Waals surface area contributed by atoms with Crippen molar-refractivity contribution in [1.29, 1.82) is 0 Å². The molecule has 1 saturated heterocycles. The minimum Gasteiger partial charge on any atom is -0.383 e. The zero-order chi connectivity index (χ0) is 18.8. The third kappa shape index (κ3) is 3.57. The van der Waals surface area contributed by atoms with Crippen LogP contribution in [-0.4, -0.2) is 69.9 Å². The van der Waals surface area contributed by atoms with Gasteiger partial charge in [0.05, 0.1) is 30.5 Å². The van der Waals surface area contributed by atoms with E-state index in [9.17, 15) is 9.59 Å². The van der Waals surface area contributed by atoms with Gasteiger partial charge in [0, 0.05) is 57.5 Å². The fraction of sp³-hybridized carbons (Fsp3) is 0.474. The first-order valence-corrected chi connectivity index (χ1v) is 9.19. The van der Waals surface area contributed by atoms with Crippen LogP contribution in [0.5, 0.6) is 0 Å². The molecule has 1 N–H and O–H groups in total. The Morgan fingerprint density at radius 3 is 3.11 bits per heavy atom. The Labute approximate surface area is 157 Å². The molecule has 2 aliphatic rings. The summed E-state index contributed by atoms with van der Waals surface area (Å²) in [4.78, 5) is 40.7. The van der Waals surface area contributed by atoms with Crippen LogP contribution in [0.4, 0.5) is 0 Å². The number of nitrogens with zero attached hydrogens (tertiary/aromatic N) is 4. The van der Waals surface area contributed by atoms with E-state index in [1.54, 1.807) is 24.4 Å². The number of methoxy groups -OCH3 is 1. The van der Waals surface area contributed by atoms with E-state index in [1.807, 2.05) is 17.0 Å². The fourth-order valence-electron chi connectivity index (χ4n) is 3.73. The first-order chi connectivity index (χ1) is 13.2. The van der Waals surface area contributed by atoms with Crippen molar-refractivity contribution in [3.05, 3.63) is 35.9 Å². The van der Waals surface area contributed by atoms with Gasteiger partial charge in [-0.25, -0.2) is 4.98 Å². The summed E-state index contributed by atoms with van der Waals surface area (Å²) in [5, 5.41) is 0. The van der Waals surface area contributed by atoms with Crippen molar-refractivity contribution in [3.63, 3.8) is 0 Å². The lowest BCUT2D eigenvalue weighted by Gasteiger charge is -2.28. The highest BCUT2D eigenvalue weighted by molar-refractivity contribution is 5.89. The SMILES string of the molecule is COCCN1C[C@H](C(=O)N2CCc3nc(-c4cccnc4)[nH]c3C2)CC1=O. The van der Waals surface area contributed by atoms with E-state index in [1.165, 1.54) is 0 Å². The van der Waals surface area contributed by atoms with Gasteiger partial charge >= 0.3 is 0 Å². The van der Waals surface area contributed by atoms with Crippen LogP contribution in [0.15, 0.2) is 24.5 Å². The highest BCUT2D eigenvalue weighted by atomic mass is 16.5. The summed E-state index contributed by atoms with van der Waals surface area (Å²) in [7, 11) is 1.61. The van der Waals surface area contributed by atoms with Crippen LogP contribution in [0.25, 0.3) is 11.4 Å². The number of pyridine rings is 1.